The van der Waals surface area contributed by atoms with Gasteiger partial charge in [0.25, 0.3) is 5.91 Å². The van der Waals surface area contributed by atoms with Crippen LogP contribution in [0.3, 0.4) is 0 Å². The van der Waals surface area contributed by atoms with Crippen LogP contribution in [0.25, 0.3) is 0 Å². The number of pyridine rings is 1. The molecule has 4 rings (SSSR count). The monoisotopic (exact) mass is 398 g/mol. The molecule has 0 saturated carbocycles. The number of halogens is 2. The molecular weight excluding hydrogens is 378 g/mol. The second-order valence-corrected chi connectivity index (χ2v) is 7.01. The molecule has 0 bridgehead atoms. The van der Waals surface area contributed by atoms with Crippen LogP contribution in [0.1, 0.15) is 33.0 Å². The Hall–Kier alpha value is -3.29. The number of ether oxygens (including phenoxy) is 1. The van der Waals surface area contributed by atoms with Crippen molar-refractivity contribution in [2.45, 2.75) is 26.5 Å². The predicted octanol–water partition coefficient (Wildman–Crippen LogP) is 3.18. The lowest BCUT2D eigenvalue weighted by atomic mass is 10.0. The van der Waals surface area contributed by atoms with Gasteiger partial charge < -0.3 is 9.64 Å². The smallest absolute Gasteiger partial charge is 0.254 e. The molecule has 1 aliphatic heterocycles. The fraction of sp³-hybridized carbons (Fsp3) is 0.286. The first-order valence-corrected chi connectivity index (χ1v) is 9.27. The van der Waals surface area contributed by atoms with Crippen LogP contribution >= 0.6 is 0 Å². The van der Waals surface area contributed by atoms with Crippen molar-refractivity contribution in [3.05, 3.63) is 76.2 Å². The minimum atomic E-state index is -1.03. The number of carbonyl (C=O) groups is 1. The van der Waals surface area contributed by atoms with Gasteiger partial charge >= 0.3 is 0 Å². The lowest BCUT2D eigenvalue weighted by Gasteiger charge is -2.28. The highest BCUT2D eigenvalue weighted by atomic mass is 19.2. The number of aromatic nitrogens is 3. The topological polar surface area (TPSA) is 60.2 Å². The van der Waals surface area contributed by atoms with Gasteiger partial charge in [-0.2, -0.15) is 5.10 Å². The Labute approximate surface area is 166 Å². The van der Waals surface area contributed by atoms with Gasteiger partial charge in [0.2, 0.25) is 5.88 Å². The van der Waals surface area contributed by atoms with Crippen molar-refractivity contribution < 1.29 is 18.3 Å². The van der Waals surface area contributed by atoms with E-state index in [9.17, 15) is 13.6 Å². The van der Waals surface area contributed by atoms with E-state index >= 15 is 0 Å². The van der Waals surface area contributed by atoms with Crippen LogP contribution in [0, 0.1) is 18.6 Å². The van der Waals surface area contributed by atoms with Crippen LogP contribution < -0.4 is 4.74 Å². The third-order valence-corrected chi connectivity index (χ3v) is 5.00. The molecule has 0 radical (unpaired) electrons. The average Bonchev–Trinajstić information content (AvgIpc) is 3.03. The summed E-state index contributed by atoms with van der Waals surface area (Å²) >= 11 is 0. The van der Waals surface area contributed by atoms with Crippen LogP contribution in [-0.2, 0) is 26.6 Å². The number of amides is 1. The summed E-state index contributed by atoms with van der Waals surface area (Å²) in [5.74, 6) is -1.84. The fourth-order valence-electron chi connectivity index (χ4n) is 3.51. The molecule has 0 saturated heterocycles. The summed E-state index contributed by atoms with van der Waals surface area (Å²) < 4.78 is 34.3. The Morgan fingerprint density at radius 3 is 2.79 bits per heavy atom. The Morgan fingerprint density at radius 1 is 1.21 bits per heavy atom. The second-order valence-electron chi connectivity index (χ2n) is 7.01. The van der Waals surface area contributed by atoms with E-state index in [1.165, 1.54) is 6.07 Å². The number of benzene rings is 1. The van der Waals surface area contributed by atoms with E-state index in [1.54, 1.807) is 15.6 Å². The Bertz CT molecular complexity index is 1080. The van der Waals surface area contributed by atoms with E-state index in [0.29, 0.717) is 25.4 Å². The van der Waals surface area contributed by atoms with E-state index in [1.807, 2.05) is 26.1 Å². The molecule has 1 aliphatic rings. The first kappa shape index (κ1) is 19.0. The highest BCUT2D eigenvalue weighted by Crippen LogP contribution is 2.25. The minimum Gasteiger partial charge on any atom is -0.471 e. The lowest BCUT2D eigenvalue weighted by molar-refractivity contribution is 0.0731. The van der Waals surface area contributed by atoms with Gasteiger partial charge in [0.1, 0.15) is 12.3 Å². The molecule has 29 heavy (non-hydrogen) atoms. The molecule has 2 aromatic heterocycles. The van der Waals surface area contributed by atoms with Gasteiger partial charge in [-0.3, -0.25) is 9.48 Å². The van der Waals surface area contributed by atoms with Crippen LogP contribution in [0.2, 0.25) is 0 Å². The fourth-order valence-corrected chi connectivity index (χ4v) is 3.51. The van der Waals surface area contributed by atoms with Crippen molar-refractivity contribution in [3.63, 3.8) is 0 Å². The number of hydrogen-bond acceptors (Lipinski definition) is 4. The lowest BCUT2D eigenvalue weighted by Crippen LogP contribution is -2.36. The molecule has 6 nitrogen and oxygen atoms in total. The summed E-state index contributed by atoms with van der Waals surface area (Å²) in [7, 11) is 1.86. The van der Waals surface area contributed by atoms with Crippen LogP contribution in [0.4, 0.5) is 8.78 Å². The molecule has 1 aromatic carbocycles. The summed E-state index contributed by atoms with van der Waals surface area (Å²) in [6.07, 6.45) is 0.622. The number of carbonyl (C=O) groups excluding carboxylic acids is 1. The van der Waals surface area contributed by atoms with Gasteiger partial charge in [-0.05, 0) is 31.2 Å². The van der Waals surface area contributed by atoms with E-state index < -0.39 is 11.6 Å². The molecule has 0 spiro atoms. The summed E-state index contributed by atoms with van der Waals surface area (Å²) in [6, 6.07) is 8.74. The maximum Gasteiger partial charge on any atom is 0.254 e. The minimum absolute atomic E-state index is 0.123. The van der Waals surface area contributed by atoms with Crippen LogP contribution in [-0.4, -0.2) is 32.1 Å². The summed E-state index contributed by atoms with van der Waals surface area (Å²) in [6.45, 7) is 2.93. The molecule has 0 unspecified atom stereocenters. The quantitative estimate of drug-likeness (QED) is 0.677. The highest BCUT2D eigenvalue weighted by molar-refractivity contribution is 5.94. The van der Waals surface area contributed by atoms with Crippen LogP contribution in [0.5, 0.6) is 5.88 Å². The zero-order chi connectivity index (χ0) is 20.5. The Balaban J connectivity index is 1.53. The SMILES string of the molecule is Cc1cccc(OCc2nn(C)c3c2CN(C(=O)c2ccc(F)c(F)c2)CC3)n1. The van der Waals surface area contributed by atoms with E-state index in [-0.39, 0.29) is 18.1 Å². The number of rotatable bonds is 4. The third-order valence-electron chi connectivity index (χ3n) is 5.00. The summed E-state index contributed by atoms with van der Waals surface area (Å²) in [5, 5.41) is 4.54. The molecule has 0 fully saturated rings. The first-order chi connectivity index (χ1) is 13.9. The van der Waals surface area contributed by atoms with Crippen LogP contribution in [0.15, 0.2) is 36.4 Å². The molecule has 1 amide bonds. The van der Waals surface area contributed by atoms with Gasteiger partial charge in [0.15, 0.2) is 11.6 Å². The van der Waals surface area contributed by atoms with E-state index in [0.717, 1.165) is 34.8 Å². The largest absolute Gasteiger partial charge is 0.471 e. The third kappa shape index (κ3) is 3.83. The molecule has 3 heterocycles. The zero-order valence-corrected chi connectivity index (χ0v) is 16.2. The van der Waals surface area contributed by atoms with Gasteiger partial charge in [0, 0.05) is 55.1 Å². The predicted molar refractivity (Wildman–Crippen MR) is 101 cm³/mol. The number of aryl methyl sites for hydroxylation is 2. The second kappa shape index (κ2) is 7.62. The van der Waals surface area contributed by atoms with E-state index in [2.05, 4.69) is 10.1 Å². The maximum absolute atomic E-state index is 13.5. The molecule has 8 heteroatoms. The van der Waals surface area contributed by atoms with Crippen molar-refractivity contribution in [2.24, 2.45) is 7.05 Å². The molecule has 150 valence electrons. The first-order valence-electron chi connectivity index (χ1n) is 9.27. The maximum atomic E-state index is 13.5. The van der Waals surface area contributed by atoms with Gasteiger partial charge in [-0.25, -0.2) is 13.8 Å². The summed E-state index contributed by atoms with van der Waals surface area (Å²) in [4.78, 5) is 18.7. The normalized spacial score (nSPS) is 13.3. The van der Waals surface area contributed by atoms with Gasteiger partial charge in [-0.15, -0.1) is 0 Å². The molecular formula is C21H20F2N4O2. The van der Waals surface area contributed by atoms with Gasteiger partial charge in [0.05, 0.1) is 0 Å². The molecule has 0 N–H and O–H groups in total. The standard InChI is InChI=1S/C21H20F2N4O2/c1-13-4-3-5-20(24-13)29-12-18-15-11-27(9-8-19(15)26(2)25-18)21(28)14-6-7-16(22)17(23)10-14/h3-7,10H,8-9,11-12H2,1-2H3. The van der Waals surface area contributed by atoms with E-state index in [4.69, 9.17) is 4.74 Å². The molecule has 0 aliphatic carbocycles. The van der Waals surface area contributed by atoms with Crippen molar-refractivity contribution in [1.82, 2.24) is 19.7 Å². The van der Waals surface area contributed by atoms with Gasteiger partial charge in [-0.1, -0.05) is 6.07 Å². The Morgan fingerprint density at radius 2 is 2.03 bits per heavy atom. The summed E-state index contributed by atoms with van der Waals surface area (Å²) in [5.41, 5.74) is 3.66. The Kier molecular flexibility index (Phi) is 5.00. The van der Waals surface area contributed by atoms with Crippen molar-refractivity contribution in [1.29, 1.82) is 0 Å². The zero-order valence-electron chi connectivity index (χ0n) is 16.2. The number of hydrogen-bond donors (Lipinski definition) is 0. The van der Waals surface area contributed by atoms with Crippen molar-refractivity contribution in [3.8, 4) is 5.88 Å². The number of nitrogens with zero attached hydrogens (tertiary/aromatic N) is 4. The number of fused-ring (bicyclic) bond motifs is 1. The molecule has 0 atom stereocenters. The van der Waals surface area contributed by atoms with Crippen molar-refractivity contribution >= 4 is 5.91 Å². The van der Waals surface area contributed by atoms with Crippen molar-refractivity contribution in [2.75, 3.05) is 6.54 Å². The average molecular weight is 398 g/mol. The molecule has 3 aromatic rings. The highest BCUT2D eigenvalue weighted by Gasteiger charge is 2.28.